The van der Waals surface area contributed by atoms with Gasteiger partial charge in [0, 0.05) is 32.3 Å². The highest BCUT2D eigenvalue weighted by Gasteiger charge is 2.21. The van der Waals surface area contributed by atoms with Crippen LogP contribution in [0.4, 0.5) is 0 Å². The summed E-state index contributed by atoms with van der Waals surface area (Å²) in [6.45, 7) is 15.3. The van der Waals surface area contributed by atoms with E-state index in [2.05, 4.69) is 31.0 Å². The Morgan fingerprint density at radius 3 is 2.78 bits per heavy atom. The highest BCUT2D eigenvalue weighted by atomic mass is 16.5. The zero-order valence-corrected chi connectivity index (χ0v) is 12.4. The fourth-order valence-electron chi connectivity index (χ4n) is 2.21. The monoisotopic (exact) mass is 258 g/mol. The summed E-state index contributed by atoms with van der Waals surface area (Å²) in [4.78, 5) is 2.45. The molecule has 4 heteroatoms. The van der Waals surface area contributed by atoms with Crippen LogP contribution in [0.2, 0.25) is 0 Å². The first kappa shape index (κ1) is 15.9. The summed E-state index contributed by atoms with van der Waals surface area (Å²) in [5.41, 5.74) is 0. The minimum absolute atomic E-state index is 0.321. The number of hydrogen-bond donors (Lipinski definition) is 1. The van der Waals surface area contributed by atoms with E-state index in [0.717, 1.165) is 46.0 Å². The summed E-state index contributed by atoms with van der Waals surface area (Å²) < 4.78 is 11.3. The second kappa shape index (κ2) is 8.86. The van der Waals surface area contributed by atoms with Gasteiger partial charge in [-0.25, -0.2) is 0 Å². The Bertz CT molecular complexity index is 212. The molecule has 0 aliphatic carbocycles. The molecule has 1 saturated heterocycles. The Balaban J connectivity index is 2.27. The zero-order chi connectivity index (χ0) is 13.4. The predicted molar refractivity (Wildman–Crippen MR) is 75.0 cm³/mol. The van der Waals surface area contributed by atoms with E-state index in [1.807, 2.05) is 6.92 Å². The molecule has 0 saturated carbocycles. The van der Waals surface area contributed by atoms with E-state index in [1.54, 1.807) is 0 Å². The van der Waals surface area contributed by atoms with E-state index in [4.69, 9.17) is 9.47 Å². The molecule has 1 heterocycles. The van der Waals surface area contributed by atoms with Gasteiger partial charge in [-0.05, 0) is 19.4 Å². The molecule has 1 aliphatic heterocycles. The number of rotatable bonds is 8. The van der Waals surface area contributed by atoms with Gasteiger partial charge in [-0.15, -0.1) is 0 Å². The number of nitrogens with zero attached hydrogens (tertiary/aromatic N) is 1. The summed E-state index contributed by atoms with van der Waals surface area (Å²) in [7, 11) is 0. The predicted octanol–water partition coefficient (Wildman–Crippen LogP) is 1.36. The van der Waals surface area contributed by atoms with Crippen LogP contribution in [0.15, 0.2) is 0 Å². The van der Waals surface area contributed by atoms with E-state index in [9.17, 15) is 0 Å². The Morgan fingerprint density at radius 1 is 1.39 bits per heavy atom. The van der Waals surface area contributed by atoms with Gasteiger partial charge in [0.1, 0.15) is 0 Å². The fraction of sp³-hybridized carbons (Fsp3) is 1.00. The molecule has 1 aliphatic rings. The molecule has 0 spiro atoms. The van der Waals surface area contributed by atoms with Crippen molar-refractivity contribution in [1.82, 2.24) is 10.2 Å². The lowest BCUT2D eigenvalue weighted by atomic mass is 10.1. The number of nitrogens with one attached hydrogen (secondary N) is 1. The lowest BCUT2D eigenvalue weighted by Crippen LogP contribution is -2.49. The van der Waals surface area contributed by atoms with Crippen molar-refractivity contribution in [3.05, 3.63) is 0 Å². The van der Waals surface area contributed by atoms with Gasteiger partial charge in [0.2, 0.25) is 0 Å². The maximum Gasteiger partial charge on any atom is 0.0826 e. The molecular weight excluding hydrogens is 228 g/mol. The van der Waals surface area contributed by atoms with Crippen LogP contribution in [-0.4, -0.2) is 63.0 Å². The van der Waals surface area contributed by atoms with Crippen molar-refractivity contribution < 1.29 is 9.47 Å². The highest BCUT2D eigenvalue weighted by Crippen LogP contribution is 2.06. The van der Waals surface area contributed by atoms with E-state index < -0.39 is 0 Å². The second-order valence-corrected chi connectivity index (χ2v) is 5.30. The second-order valence-electron chi connectivity index (χ2n) is 5.30. The fourth-order valence-corrected chi connectivity index (χ4v) is 2.21. The normalized spacial score (nSPS) is 23.5. The summed E-state index contributed by atoms with van der Waals surface area (Å²) in [5.74, 6) is 0.586. The van der Waals surface area contributed by atoms with E-state index in [1.165, 1.54) is 0 Å². The quantitative estimate of drug-likeness (QED) is 0.713. The first-order valence-corrected chi connectivity index (χ1v) is 7.32. The van der Waals surface area contributed by atoms with Crippen LogP contribution in [0.1, 0.15) is 27.7 Å². The van der Waals surface area contributed by atoms with Gasteiger partial charge < -0.3 is 14.8 Å². The van der Waals surface area contributed by atoms with E-state index in [0.29, 0.717) is 18.1 Å². The van der Waals surface area contributed by atoms with Crippen LogP contribution in [-0.2, 0) is 9.47 Å². The van der Waals surface area contributed by atoms with Crippen LogP contribution in [0, 0.1) is 5.92 Å². The number of ether oxygens (including phenoxy) is 2. The Morgan fingerprint density at radius 2 is 2.17 bits per heavy atom. The van der Waals surface area contributed by atoms with E-state index >= 15 is 0 Å². The molecule has 0 radical (unpaired) electrons. The molecule has 0 aromatic rings. The van der Waals surface area contributed by atoms with Crippen LogP contribution in [0.5, 0.6) is 0 Å². The number of likely N-dealkylation sites (N-methyl/N-ethyl adjacent to an activating group) is 1. The largest absolute Gasteiger partial charge is 0.380 e. The SMILES string of the molecule is CCOCC(NCC1CN(CC)CCO1)C(C)C. The van der Waals surface area contributed by atoms with Crippen molar-refractivity contribution in [2.75, 3.05) is 46.0 Å². The topological polar surface area (TPSA) is 33.7 Å². The average molecular weight is 258 g/mol. The number of hydrogen-bond acceptors (Lipinski definition) is 4. The molecule has 2 unspecified atom stereocenters. The van der Waals surface area contributed by atoms with Gasteiger partial charge in [0.05, 0.1) is 19.3 Å². The summed E-state index contributed by atoms with van der Waals surface area (Å²) in [6.07, 6.45) is 0.321. The molecule has 4 nitrogen and oxygen atoms in total. The molecular formula is C14H30N2O2. The number of morpholine rings is 1. The third-order valence-electron chi connectivity index (χ3n) is 3.58. The lowest BCUT2D eigenvalue weighted by molar-refractivity contribution is -0.0285. The van der Waals surface area contributed by atoms with Crippen molar-refractivity contribution in [1.29, 1.82) is 0 Å². The third-order valence-corrected chi connectivity index (χ3v) is 3.58. The van der Waals surface area contributed by atoms with Crippen molar-refractivity contribution in [3.63, 3.8) is 0 Å². The first-order valence-electron chi connectivity index (χ1n) is 7.32. The smallest absolute Gasteiger partial charge is 0.0826 e. The summed E-state index contributed by atoms with van der Waals surface area (Å²) in [5, 5.41) is 3.59. The van der Waals surface area contributed by atoms with Crippen molar-refractivity contribution in [2.45, 2.75) is 39.8 Å². The molecule has 0 aromatic carbocycles. The lowest BCUT2D eigenvalue weighted by Gasteiger charge is -2.33. The standard InChI is InChI=1S/C14H30N2O2/c1-5-16-7-8-18-13(10-16)9-15-14(12(3)4)11-17-6-2/h12-15H,5-11H2,1-4H3. The van der Waals surface area contributed by atoms with Crippen LogP contribution < -0.4 is 5.32 Å². The Labute approximate surface area is 112 Å². The van der Waals surface area contributed by atoms with E-state index in [-0.39, 0.29) is 0 Å². The summed E-state index contributed by atoms with van der Waals surface area (Å²) in [6, 6.07) is 0.422. The van der Waals surface area contributed by atoms with Gasteiger partial charge in [0.15, 0.2) is 0 Å². The van der Waals surface area contributed by atoms with Gasteiger partial charge >= 0.3 is 0 Å². The molecule has 1 fully saturated rings. The van der Waals surface area contributed by atoms with Crippen molar-refractivity contribution in [3.8, 4) is 0 Å². The Kier molecular flexibility index (Phi) is 7.82. The van der Waals surface area contributed by atoms with Crippen LogP contribution in [0.25, 0.3) is 0 Å². The van der Waals surface area contributed by atoms with Gasteiger partial charge in [-0.1, -0.05) is 20.8 Å². The molecule has 1 N–H and O–H groups in total. The molecule has 0 amide bonds. The van der Waals surface area contributed by atoms with Crippen molar-refractivity contribution in [2.24, 2.45) is 5.92 Å². The molecule has 18 heavy (non-hydrogen) atoms. The summed E-state index contributed by atoms with van der Waals surface area (Å²) >= 11 is 0. The Hall–Kier alpha value is -0.160. The molecule has 1 rings (SSSR count). The highest BCUT2D eigenvalue weighted by molar-refractivity contribution is 4.77. The first-order chi connectivity index (χ1) is 8.67. The average Bonchev–Trinajstić information content (AvgIpc) is 2.38. The third kappa shape index (κ3) is 5.65. The minimum atomic E-state index is 0.321. The van der Waals surface area contributed by atoms with Gasteiger partial charge in [0.25, 0.3) is 0 Å². The maximum atomic E-state index is 5.80. The van der Waals surface area contributed by atoms with Gasteiger partial charge in [-0.2, -0.15) is 0 Å². The van der Waals surface area contributed by atoms with Crippen LogP contribution >= 0.6 is 0 Å². The van der Waals surface area contributed by atoms with Gasteiger partial charge in [-0.3, -0.25) is 4.90 Å². The van der Waals surface area contributed by atoms with Crippen LogP contribution in [0.3, 0.4) is 0 Å². The maximum absolute atomic E-state index is 5.80. The molecule has 0 aromatic heterocycles. The zero-order valence-electron chi connectivity index (χ0n) is 12.4. The minimum Gasteiger partial charge on any atom is -0.380 e. The molecule has 2 atom stereocenters. The molecule has 0 bridgehead atoms. The molecule has 108 valence electrons. The van der Waals surface area contributed by atoms with Crippen molar-refractivity contribution >= 4 is 0 Å².